The number of aromatic nitrogens is 2. The van der Waals surface area contributed by atoms with Crippen molar-refractivity contribution < 1.29 is 5.11 Å². The van der Waals surface area contributed by atoms with Gasteiger partial charge in [-0.05, 0) is 35.3 Å². The molecule has 15 heavy (non-hydrogen) atoms. The fourth-order valence-electron chi connectivity index (χ4n) is 2.09. The topological polar surface area (TPSA) is 50.1 Å². The summed E-state index contributed by atoms with van der Waals surface area (Å²) in [7, 11) is 1.85. The van der Waals surface area contributed by atoms with E-state index in [1.807, 2.05) is 7.05 Å². The molecule has 5 heteroatoms. The maximum atomic E-state index is 10.2. The highest BCUT2D eigenvalue weighted by atomic mass is 79.9. The van der Waals surface area contributed by atoms with Crippen molar-refractivity contribution in [2.45, 2.75) is 31.4 Å². The van der Waals surface area contributed by atoms with Gasteiger partial charge in [-0.25, -0.2) is 0 Å². The molecule has 1 aromatic heterocycles. The number of piperidine rings is 1. The van der Waals surface area contributed by atoms with E-state index >= 15 is 0 Å². The molecule has 0 radical (unpaired) electrons. The van der Waals surface area contributed by atoms with Gasteiger partial charge in [0.2, 0.25) is 0 Å². The van der Waals surface area contributed by atoms with Gasteiger partial charge in [0.1, 0.15) is 6.10 Å². The predicted molar refractivity (Wildman–Crippen MR) is 61.5 cm³/mol. The van der Waals surface area contributed by atoms with E-state index in [1.54, 1.807) is 10.9 Å². The number of hydrogen-bond donors (Lipinski definition) is 2. The predicted octanol–water partition coefficient (Wildman–Crippen LogP) is 1.36. The number of aliphatic hydroxyl groups excluding tert-OH is 1. The third-order valence-corrected chi connectivity index (χ3v) is 3.56. The van der Waals surface area contributed by atoms with Gasteiger partial charge in [0.05, 0.1) is 16.4 Å². The van der Waals surface area contributed by atoms with E-state index in [-0.39, 0.29) is 6.04 Å². The van der Waals surface area contributed by atoms with Gasteiger partial charge in [0.25, 0.3) is 0 Å². The lowest BCUT2D eigenvalue weighted by Crippen LogP contribution is -2.39. The van der Waals surface area contributed by atoms with Crippen LogP contribution in [0.25, 0.3) is 0 Å². The Morgan fingerprint density at radius 1 is 1.67 bits per heavy atom. The van der Waals surface area contributed by atoms with Crippen LogP contribution in [0.5, 0.6) is 0 Å². The first-order valence-corrected chi connectivity index (χ1v) is 6.08. The first-order valence-electron chi connectivity index (χ1n) is 5.29. The van der Waals surface area contributed by atoms with Crippen LogP contribution in [0.3, 0.4) is 0 Å². The van der Waals surface area contributed by atoms with Crippen LogP contribution in [-0.4, -0.2) is 27.5 Å². The fraction of sp³-hybridized carbons (Fsp3) is 0.700. The molecule has 2 rings (SSSR count). The molecular weight excluding hydrogens is 258 g/mol. The zero-order valence-corrected chi connectivity index (χ0v) is 10.4. The minimum atomic E-state index is -0.479. The summed E-state index contributed by atoms with van der Waals surface area (Å²) >= 11 is 3.41. The van der Waals surface area contributed by atoms with E-state index in [0.29, 0.717) is 0 Å². The minimum absolute atomic E-state index is 0.158. The van der Waals surface area contributed by atoms with Crippen LogP contribution in [0, 0.1) is 0 Å². The number of hydrogen-bond acceptors (Lipinski definition) is 3. The lowest BCUT2D eigenvalue weighted by atomic mass is 9.98. The molecule has 1 aliphatic heterocycles. The molecule has 2 atom stereocenters. The fourth-order valence-corrected chi connectivity index (χ4v) is 2.67. The van der Waals surface area contributed by atoms with Crippen molar-refractivity contribution in [3.05, 3.63) is 16.4 Å². The maximum absolute atomic E-state index is 10.2. The summed E-state index contributed by atoms with van der Waals surface area (Å²) in [5, 5.41) is 17.7. The van der Waals surface area contributed by atoms with Crippen LogP contribution in [0.2, 0.25) is 0 Å². The van der Waals surface area contributed by atoms with Gasteiger partial charge in [0.15, 0.2) is 0 Å². The van der Waals surface area contributed by atoms with Crippen LogP contribution < -0.4 is 5.32 Å². The third kappa shape index (κ3) is 2.24. The molecule has 1 fully saturated rings. The third-order valence-electron chi connectivity index (χ3n) is 2.95. The Bertz CT molecular complexity index is 314. The van der Waals surface area contributed by atoms with E-state index < -0.39 is 6.10 Å². The molecule has 0 saturated carbocycles. The summed E-state index contributed by atoms with van der Waals surface area (Å²) in [5.41, 5.74) is 0.856. The summed E-state index contributed by atoms with van der Waals surface area (Å²) in [4.78, 5) is 0. The second-order valence-corrected chi connectivity index (χ2v) is 4.86. The van der Waals surface area contributed by atoms with E-state index in [9.17, 15) is 5.11 Å². The van der Waals surface area contributed by atoms with E-state index in [4.69, 9.17) is 0 Å². The highest BCUT2D eigenvalue weighted by Crippen LogP contribution is 2.27. The Kier molecular flexibility index (Phi) is 3.43. The van der Waals surface area contributed by atoms with Gasteiger partial charge in [-0.3, -0.25) is 4.68 Å². The molecule has 0 aliphatic carbocycles. The van der Waals surface area contributed by atoms with Gasteiger partial charge in [-0.2, -0.15) is 5.10 Å². The van der Waals surface area contributed by atoms with Crippen LogP contribution in [0.1, 0.15) is 31.1 Å². The van der Waals surface area contributed by atoms with E-state index in [1.165, 1.54) is 12.8 Å². The van der Waals surface area contributed by atoms with Crippen molar-refractivity contribution in [2.24, 2.45) is 7.05 Å². The normalized spacial score (nSPS) is 24.1. The highest BCUT2D eigenvalue weighted by molar-refractivity contribution is 9.10. The van der Waals surface area contributed by atoms with Crippen molar-refractivity contribution in [2.75, 3.05) is 6.54 Å². The largest absolute Gasteiger partial charge is 0.385 e. The number of rotatable bonds is 2. The van der Waals surface area contributed by atoms with Crippen LogP contribution in [0.15, 0.2) is 10.7 Å². The molecule has 0 bridgehead atoms. The second kappa shape index (κ2) is 4.63. The first kappa shape index (κ1) is 11.1. The molecule has 84 valence electrons. The van der Waals surface area contributed by atoms with Crippen LogP contribution in [0.4, 0.5) is 0 Å². The van der Waals surface area contributed by atoms with Crippen molar-refractivity contribution in [3.8, 4) is 0 Å². The average Bonchev–Trinajstić information content (AvgIpc) is 2.59. The maximum Gasteiger partial charge on any atom is 0.112 e. The molecule has 4 nitrogen and oxygen atoms in total. The zero-order chi connectivity index (χ0) is 10.8. The Labute approximate surface area is 97.8 Å². The smallest absolute Gasteiger partial charge is 0.112 e. The minimum Gasteiger partial charge on any atom is -0.385 e. The molecule has 2 unspecified atom stereocenters. The molecule has 1 aromatic rings. The van der Waals surface area contributed by atoms with Crippen molar-refractivity contribution in [1.82, 2.24) is 15.1 Å². The number of aliphatic hydroxyl groups is 1. The Morgan fingerprint density at radius 2 is 2.47 bits per heavy atom. The summed E-state index contributed by atoms with van der Waals surface area (Å²) < 4.78 is 2.61. The summed E-state index contributed by atoms with van der Waals surface area (Å²) in [5.74, 6) is 0. The van der Waals surface area contributed by atoms with E-state index in [2.05, 4.69) is 26.3 Å². The van der Waals surface area contributed by atoms with Gasteiger partial charge in [-0.15, -0.1) is 0 Å². The monoisotopic (exact) mass is 273 g/mol. The lowest BCUT2D eigenvalue weighted by Gasteiger charge is -2.28. The summed E-state index contributed by atoms with van der Waals surface area (Å²) in [6.45, 7) is 0.997. The second-order valence-electron chi connectivity index (χ2n) is 4.00. The van der Waals surface area contributed by atoms with Gasteiger partial charge in [0, 0.05) is 13.1 Å². The molecule has 2 heterocycles. The summed E-state index contributed by atoms with van der Waals surface area (Å²) in [6.07, 6.45) is 4.66. The van der Waals surface area contributed by atoms with Crippen molar-refractivity contribution >= 4 is 15.9 Å². The molecule has 1 saturated heterocycles. The molecule has 0 aromatic carbocycles. The zero-order valence-electron chi connectivity index (χ0n) is 8.78. The Morgan fingerprint density at radius 3 is 3.00 bits per heavy atom. The van der Waals surface area contributed by atoms with Gasteiger partial charge in [-0.1, -0.05) is 6.42 Å². The summed E-state index contributed by atoms with van der Waals surface area (Å²) in [6, 6.07) is 0.158. The van der Waals surface area contributed by atoms with Crippen LogP contribution in [-0.2, 0) is 7.05 Å². The Hall–Kier alpha value is -0.390. The standard InChI is InChI=1S/C10H16BrN3O/c1-14-9(7(11)6-13-14)10(15)8-4-2-3-5-12-8/h6,8,10,12,15H,2-5H2,1H3. The van der Waals surface area contributed by atoms with E-state index in [0.717, 1.165) is 23.1 Å². The highest BCUT2D eigenvalue weighted by Gasteiger charge is 2.26. The number of halogens is 1. The quantitative estimate of drug-likeness (QED) is 0.856. The Balaban J connectivity index is 2.15. The average molecular weight is 274 g/mol. The molecule has 2 N–H and O–H groups in total. The van der Waals surface area contributed by atoms with Crippen molar-refractivity contribution in [3.63, 3.8) is 0 Å². The number of nitrogens with one attached hydrogen (secondary N) is 1. The van der Waals surface area contributed by atoms with Crippen molar-refractivity contribution in [1.29, 1.82) is 0 Å². The molecular formula is C10H16BrN3O. The van der Waals surface area contributed by atoms with Crippen LogP contribution >= 0.6 is 15.9 Å². The molecule has 1 aliphatic rings. The lowest BCUT2D eigenvalue weighted by molar-refractivity contribution is 0.105. The van der Waals surface area contributed by atoms with Gasteiger partial charge >= 0.3 is 0 Å². The number of aryl methyl sites for hydroxylation is 1. The van der Waals surface area contributed by atoms with Gasteiger partial charge < -0.3 is 10.4 Å². The molecule has 0 spiro atoms. The SMILES string of the molecule is Cn1ncc(Br)c1C(O)C1CCCCN1. The number of nitrogens with zero attached hydrogens (tertiary/aromatic N) is 2. The molecule has 0 amide bonds. The first-order chi connectivity index (χ1) is 7.20.